The lowest BCUT2D eigenvalue weighted by Gasteiger charge is -2.27. The third-order valence-electron chi connectivity index (χ3n) is 4.75. The fourth-order valence-electron chi connectivity index (χ4n) is 2.96. The second kappa shape index (κ2) is 5.28. The molecule has 0 spiro atoms. The molecular formula is C14H27N3. The number of hydrogen-bond donors (Lipinski definition) is 2. The number of aliphatic imine (C=N–C) groups is 1. The largest absolute Gasteiger partial charge is 0.370 e. The Labute approximate surface area is 105 Å². The van der Waals surface area contributed by atoms with Gasteiger partial charge in [0.05, 0.1) is 0 Å². The van der Waals surface area contributed by atoms with Crippen LogP contribution >= 0.6 is 0 Å². The summed E-state index contributed by atoms with van der Waals surface area (Å²) < 4.78 is 0. The number of nitrogens with zero attached hydrogens (tertiary/aromatic N) is 1. The molecule has 0 heterocycles. The van der Waals surface area contributed by atoms with E-state index in [0.29, 0.717) is 11.4 Å². The average molecular weight is 237 g/mol. The number of guanidine groups is 1. The van der Waals surface area contributed by atoms with Crippen LogP contribution in [0.2, 0.25) is 0 Å². The van der Waals surface area contributed by atoms with Gasteiger partial charge in [-0.15, -0.1) is 0 Å². The van der Waals surface area contributed by atoms with Gasteiger partial charge in [0.1, 0.15) is 0 Å². The van der Waals surface area contributed by atoms with Crippen molar-refractivity contribution < 1.29 is 0 Å². The summed E-state index contributed by atoms with van der Waals surface area (Å²) in [5, 5.41) is 3.31. The van der Waals surface area contributed by atoms with Gasteiger partial charge in [-0.25, -0.2) is 0 Å². The average Bonchev–Trinajstić information content (AvgIpc) is 2.52. The SMILES string of the molecule is CC1(C)CCCC1CNC(N)=NCC1CCC1. The van der Waals surface area contributed by atoms with Crippen molar-refractivity contribution in [1.82, 2.24) is 5.32 Å². The Morgan fingerprint density at radius 3 is 2.59 bits per heavy atom. The Hall–Kier alpha value is -0.730. The smallest absolute Gasteiger partial charge is 0.188 e. The van der Waals surface area contributed by atoms with E-state index in [9.17, 15) is 0 Å². The van der Waals surface area contributed by atoms with Crippen LogP contribution in [0.4, 0.5) is 0 Å². The van der Waals surface area contributed by atoms with E-state index in [1.807, 2.05) is 0 Å². The van der Waals surface area contributed by atoms with E-state index in [1.54, 1.807) is 0 Å². The van der Waals surface area contributed by atoms with Gasteiger partial charge in [0.2, 0.25) is 0 Å². The third-order valence-corrected chi connectivity index (χ3v) is 4.75. The quantitative estimate of drug-likeness (QED) is 0.583. The normalized spacial score (nSPS) is 29.1. The summed E-state index contributed by atoms with van der Waals surface area (Å²) in [6, 6.07) is 0. The van der Waals surface area contributed by atoms with Crippen molar-refractivity contribution >= 4 is 5.96 Å². The van der Waals surface area contributed by atoms with E-state index in [-0.39, 0.29) is 0 Å². The molecule has 3 N–H and O–H groups in total. The van der Waals surface area contributed by atoms with Crippen molar-refractivity contribution in [1.29, 1.82) is 0 Å². The molecule has 1 unspecified atom stereocenters. The predicted molar refractivity (Wildman–Crippen MR) is 73.0 cm³/mol. The summed E-state index contributed by atoms with van der Waals surface area (Å²) in [4.78, 5) is 4.44. The highest BCUT2D eigenvalue weighted by Crippen LogP contribution is 2.41. The Bertz CT molecular complexity index is 279. The summed E-state index contributed by atoms with van der Waals surface area (Å²) in [6.07, 6.45) is 8.09. The van der Waals surface area contributed by atoms with Gasteiger partial charge in [0.15, 0.2) is 5.96 Å². The zero-order valence-electron chi connectivity index (χ0n) is 11.3. The molecule has 2 saturated carbocycles. The van der Waals surface area contributed by atoms with E-state index in [0.717, 1.165) is 24.9 Å². The van der Waals surface area contributed by atoms with Crippen LogP contribution in [-0.4, -0.2) is 19.0 Å². The Kier molecular flexibility index (Phi) is 3.95. The molecule has 2 fully saturated rings. The Balaban J connectivity index is 1.69. The van der Waals surface area contributed by atoms with Crippen molar-refractivity contribution in [3.05, 3.63) is 0 Å². The maximum atomic E-state index is 5.91. The number of rotatable bonds is 4. The predicted octanol–water partition coefficient (Wildman–Crippen LogP) is 2.52. The molecule has 0 aromatic rings. The molecule has 1 atom stereocenters. The molecule has 3 heteroatoms. The molecule has 3 nitrogen and oxygen atoms in total. The van der Waals surface area contributed by atoms with Gasteiger partial charge in [0.25, 0.3) is 0 Å². The number of hydrogen-bond acceptors (Lipinski definition) is 1. The Morgan fingerprint density at radius 2 is 2.06 bits per heavy atom. The minimum atomic E-state index is 0.473. The second-order valence-electron chi connectivity index (χ2n) is 6.48. The van der Waals surface area contributed by atoms with Crippen LogP contribution in [0.3, 0.4) is 0 Å². The lowest BCUT2D eigenvalue weighted by atomic mass is 9.82. The monoisotopic (exact) mass is 237 g/mol. The molecule has 0 aliphatic heterocycles. The zero-order valence-corrected chi connectivity index (χ0v) is 11.3. The maximum Gasteiger partial charge on any atom is 0.188 e. The molecule has 0 amide bonds. The van der Waals surface area contributed by atoms with Gasteiger partial charge in [-0.2, -0.15) is 0 Å². The van der Waals surface area contributed by atoms with Crippen LogP contribution in [0, 0.1) is 17.3 Å². The minimum Gasteiger partial charge on any atom is -0.370 e. The second-order valence-corrected chi connectivity index (χ2v) is 6.48. The summed E-state index contributed by atoms with van der Waals surface area (Å²) in [5.74, 6) is 2.21. The fraction of sp³-hybridized carbons (Fsp3) is 0.929. The van der Waals surface area contributed by atoms with E-state index in [4.69, 9.17) is 5.73 Å². The molecule has 2 aliphatic rings. The van der Waals surface area contributed by atoms with Crippen LogP contribution in [0.5, 0.6) is 0 Å². The van der Waals surface area contributed by atoms with Gasteiger partial charge in [-0.1, -0.05) is 26.7 Å². The molecule has 0 aromatic heterocycles. The molecule has 0 saturated heterocycles. The van der Waals surface area contributed by atoms with Crippen molar-refractivity contribution in [3.63, 3.8) is 0 Å². The number of nitrogens with two attached hydrogens (primary N) is 1. The van der Waals surface area contributed by atoms with Crippen LogP contribution in [0.1, 0.15) is 52.4 Å². The van der Waals surface area contributed by atoms with Crippen LogP contribution in [0.15, 0.2) is 4.99 Å². The summed E-state index contributed by atoms with van der Waals surface area (Å²) >= 11 is 0. The highest BCUT2D eigenvalue weighted by atomic mass is 15.1. The molecular weight excluding hydrogens is 210 g/mol. The van der Waals surface area contributed by atoms with E-state index in [2.05, 4.69) is 24.2 Å². The van der Waals surface area contributed by atoms with Gasteiger partial charge < -0.3 is 11.1 Å². The first-order valence-corrected chi connectivity index (χ1v) is 7.12. The first kappa shape index (κ1) is 12.7. The molecule has 2 rings (SSSR count). The molecule has 98 valence electrons. The van der Waals surface area contributed by atoms with E-state index in [1.165, 1.54) is 38.5 Å². The standard InChI is InChI=1S/C14H27N3/c1-14(2)8-4-7-12(14)10-17-13(15)16-9-11-5-3-6-11/h11-12H,3-10H2,1-2H3,(H3,15,16,17). The van der Waals surface area contributed by atoms with Crippen molar-refractivity contribution in [2.45, 2.75) is 52.4 Å². The van der Waals surface area contributed by atoms with Gasteiger partial charge in [-0.05, 0) is 42.9 Å². The van der Waals surface area contributed by atoms with E-state index >= 15 is 0 Å². The van der Waals surface area contributed by atoms with Crippen LogP contribution in [0.25, 0.3) is 0 Å². The lowest BCUT2D eigenvalue weighted by molar-refractivity contribution is 0.260. The van der Waals surface area contributed by atoms with Crippen LogP contribution < -0.4 is 11.1 Å². The summed E-state index contributed by atoms with van der Waals surface area (Å²) in [7, 11) is 0. The van der Waals surface area contributed by atoms with Crippen molar-refractivity contribution in [2.75, 3.05) is 13.1 Å². The molecule has 0 aromatic carbocycles. The van der Waals surface area contributed by atoms with E-state index < -0.39 is 0 Å². The molecule has 17 heavy (non-hydrogen) atoms. The zero-order chi connectivity index (χ0) is 12.3. The summed E-state index contributed by atoms with van der Waals surface area (Å²) in [6.45, 7) is 6.65. The molecule has 0 radical (unpaired) electrons. The maximum absolute atomic E-state index is 5.91. The Morgan fingerprint density at radius 1 is 1.29 bits per heavy atom. The van der Waals surface area contributed by atoms with Gasteiger partial charge in [0, 0.05) is 13.1 Å². The first-order chi connectivity index (χ1) is 8.08. The van der Waals surface area contributed by atoms with Crippen LogP contribution in [-0.2, 0) is 0 Å². The lowest BCUT2D eigenvalue weighted by Crippen LogP contribution is -2.38. The van der Waals surface area contributed by atoms with Crippen molar-refractivity contribution in [2.24, 2.45) is 28.0 Å². The molecule has 2 aliphatic carbocycles. The highest BCUT2D eigenvalue weighted by molar-refractivity contribution is 5.77. The minimum absolute atomic E-state index is 0.473. The van der Waals surface area contributed by atoms with Gasteiger partial charge in [-0.3, -0.25) is 4.99 Å². The van der Waals surface area contributed by atoms with Crippen molar-refractivity contribution in [3.8, 4) is 0 Å². The first-order valence-electron chi connectivity index (χ1n) is 7.12. The van der Waals surface area contributed by atoms with Gasteiger partial charge >= 0.3 is 0 Å². The summed E-state index contributed by atoms with van der Waals surface area (Å²) in [5.41, 5.74) is 6.38. The molecule has 0 bridgehead atoms. The third kappa shape index (κ3) is 3.36. The highest BCUT2D eigenvalue weighted by Gasteiger charge is 2.33. The number of nitrogens with one attached hydrogen (secondary N) is 1. The topological polar surface area (TPSA) is 50.4 Å². The fourth-order valence-corrected chi connectivity index (χ4v) is 2.96.